The van der Waals surface area contributed by atoms with Gasteiger partial charge in [0.15, 0.2) is 0 Å². The molecule has 1 saturated carbocycles. The van der Waals surface area contributed by atoms with Crippen LogP contribution in [0.1, 0.15) is 38.2 Å². The van der Waals surface area contributed by atoms with Crippen molar-refractivity contribution in [3.63, 3.8) is 0 Å². The van der Waals surface area contributed by atoms with Crippen LogP contribution in [-0.4, -0.2) is 51.2 Å². The quantitative estimate of drug-likeness (QED) is 0.552. The van der Waals surface area contributed by atoms with Gasteiger partial charge in [0.25, 0.3) is 5.91 Å². The molecular weight excluding hydrogens is 432 g/mol. The number of tetrazole rings is 1. The van der Waals surface area contributed by atoms with Crippen LogP contribution < -0.4 is 15.0 Å². The molecule has 4 rings (SSSR count). The van der Waals surface area contributed by atoms with Gasteiger partial charge < -0.3 is 10.1 Å². The first-order chi connectivity index (χ1) is 16.4. The smallest absolute Gasteiger partial charge is 0.251 e. The van der Waals surface area contributed by atoms with E-state index in [0.29, 0.717) is 17.3 Å². The second-order valence-electron chi connectivity index (χ2n) is 8.64. The summed E-state index contributed by atoms with van der Waals surface area (Å²) in [5, 5.41) is 15.6. The van der Waals surface area contributed by atoms with Gasteiger partial charge in [-0.25, -0.2) is 0 Å². The molecule has 0 radical (unpaired) electrons. The van der Waals surface area contributed by atoms with Crippen LogP contribution in [-0.2, 0) is 16.1 Å². The SMILES string of the molecule is COc1cccc(N(C(=O)Cn2nnc(-c3ccc(C)cc3)n2)C(C)C(=O)NC2CCCC2)c1. The molecule has 1 aromatic heterocycles. The summed E-state index contributed by atoms with van der Waals surface area (Å²) in [7, 11) is 1.56. The summed E-state index contributed by atoms with van der Waals surface area (Å²) in [6, 6.07) is 14.3. The molecule has 34 heavy (non-hydrogen) atoms. The number of nitrogens with one attached hydrogen (secondary N) is 1. The Hall–Kier alpha value is -3.75. The van der Waals surface area contributed by atoms with E-state index in [1.54, 1.807) is 38.3 Å². The lowest BCUT2D eigenvalue weighted by atomic mass is 10.1. The van der Waals surface area contributed by atoms with Crippen molar-refractivity contribution in [2.45, 2.75) is 58.2 Å². The summed E-state index contributed by atoms with van der Waals surface area (Å²) >= 11 is 0. The molecule has 9 heteroatoms. The molecule has 0 saturated heterocycles. The Morgan fingerprint density at radius 2 is 1.91 bits per heavy atom. The fourth-order valence-electron chi connectivity index (χ4n) is 4.18. The van der Waals surface area contributed by atoms with E-state index in [9.17, 15) is 9.59 Å². The van der Waals surface area contributed by atoms with Crippen molar-refractivity contribution < 1.29 is 14.3 Å². The summed E-state index contributed by atoms with van der Waals surface area (Å²) in [5.74, 6) is 0.525. The summed E-state index contributed by atoms with van der Waals surface area (Å²) < 4.78 is 5.33. The fourth-order valence-corrected chi connectivity index (χ4v) is 4.18. The van der Waals surface area contributed by atoms with Crippen LogP contribution in [0.3, 0.4) is 0 Å². The van der Waals surface area contributed by atoms with Crippen molar-refractivity contribution in [3.05, 3.63) is 54.1 Å². The number of anilines is 1. The maximum atomic E-state index is 13.5. The lowest BCUT2D eigenvalue weighted by Gasteiger charge is -2.29. The number of carbonyl (C=O) groups is 2. The van der Waals surface area contributed by atoms with Crippen LogP contribution in [0.2, 0.25) is 0 Å². The van der Waals surface area contributed by atoms with Gasteiger partial charge in [-0.15, -0.1) is 10.2 Å². The molecule has 1 fully saturated rings. The average molecular weight is 463 g/mol. The first-order valence-corrected chi connectivity index (χ1v) is 11.6. The van der Waals surface area contributed by atoms with Gasteiger partial charge in [-0.05, 0) is 44.0 Å². The summed E-state index contributed by atoms with van der Waals surface area (Å²) in [6.45, 7) is 3.58. The minimum atomic E-state index is -0.722. The highest BCUT2D eigenvalue weighted by molar-refractivity contribution is 6.00. The van der Waals surface area contributed by atoms with E-state index in [2.05, 4.69) is 20.7 Å². The predicted octanol–water partition coefficient (Wildman–Crippen LogP) is 3.14. The van der Waals surface area contributed by atoms with Crippen LogP contribution in [0, 0.1) is 6.92 Å². The zero-order chi connectivity index (χ0) is 24.1. The number of aromatic nitrogens is 4. The van der Waals surface area contributed by atoms with Crippen LogP contribution >= 0.6 is 0 Å². The van der Waals surface area contributed by atoms with E-state index in [-0.39, 0.29) is 24.4 Å². The molecule has 2 aromatic carbocycles. The minimum Gasteiger partial charge on any atom is -0.497 e. The fraction of sp³-hybridized carbons (Fsp3) is 0.400. The summed E-state index contributed by atoms with van der Waals surface area (Å²) in [6.07, 6.45) is 4.16. The molecule has 0 bridgehead atoms. The highest BCUT2D eigenvalue weighted by Crippen LogP contribution is 2.24. The second kappa shape index (κ2) is 10.5. The predicted molar refractivity (Wildman–Crippen MR) is 128 cm³/mol. The number of methoxy groups -OCH3 is 1. The second-order valence-corrected chi connectivity index (χ2v) is 8.64. The number of aryl methyl sites for hydroxylation is 1. The van der Waals surface area contributed by atoms with Gasteiger partial charge in [-0.2, -0.15) is 4.80 Å². The highest BCUT2D eigenvalue weighted by atomic mass is 16.5. The van der Waals surface area contributed by atoms with Gasteiger partial charge in [0.1, 0.15) is 18.3 Å². The first-order valence-electron chi connectivity index (χ1n) is 11.6. The van der Waals surface area contributed by atoms with E-state index in [1.165, 1.54) is 9.70 Å². The summed E-state index contributed by atoms with van der Waals surface area (Å²) in [4.78, 5) is 29.2. The lowest BCUT2D eigenvalue weighted by Crippen LogP contribution is -2.51. The minimum absolute atomic E-state index is 0.156. The van der Waals surface area contributed by atoms with Crippen molar-refractivity contribution in [3.8, 4) is 17.1 Å². The Balaban J connectivity index is 1.55. The molecule has 1 N–H and O–H groups in total. The standard InChI is InChI=1S/C25H30N6O3/c1-17-11-13-19(14-12-17)24-27-29-30(28-24)16-23(32)31(21-9-6-10-22(15-21)34-3)18(2)25(33)26-20-7-4-5-8-20/h6,9-15,18,20H,4-5,7-8,16H2,1-3H3,(H,26,33). The first kappa shape index (κ1) is 23.4. The van der Waals surface area contributed by atoms with E-state index < -0.39 is 6.04 Å². The molecule has 1 unspecified atom stereocenters. The summed E-state index contributed by atoms with van der Waals surface area (Å²) in [5.41, 5.74) is 2.51. The molecule has 178 valence electrons. The van der Waals surface area contributed by atoms with Crippen LogP contribution in [0.5, 0.6) is 5.75 Å². The Kier molecular flexibility index (Phi) is 7.20. The Morgan fingerprint density at radius 3 is 2.62 bits per heavy atom. The van der Waals surface area contributed by atoms with Crippen molar-refractivity contribution >= 4 is 17.5 Å². The van der Waals surface area contributed by atoms with E-state index >= 15 is 0 Å². The maximum Gasteiger partial charge on any atom is 0.251 e. The van der Waals surface area contributed by atoms with Gasteiger partial charge >= 0.3 is 0 Å². The van der Waals surface area contributed by atoms with E-state index in [0.717, 1.165) is 36.8 Å². The number of carbonyl (C=O) groups excluding carboxylic acids is 2. The van der Waals surface area contributed by atoms with E-state index in [4.69, 9.17) is 4.74 Å². The number of rotatable bonds is 8. The molecule has 0 spiro atoms. The maximum absolute atomic E-state index is 13.5. The zero-order valence-electron chi connectivity index (χ0n) is 19.8. The molecule has 2 amide bonds. The van der Waals surface area contributed by atoms with Gasteiger partial charge in [0.2, 0.25) is 11.7 Å². The third-order valence-corrected chi connectivity index (χ3v) is 6.11. The lowest BCUT2D eigenvalue weighted by molar-refractivity contribution is -0.127. The number of ether oxygens (including phenoxy) is 1. The van der Waals surface area contributed by atoms with Crippen molar-refractivity contribution in [1.29, 1.82) is 0 Å². The normalized spacial score (nSPS) is 14.6. The van der Waals surface area contributed by atoms with Crippen LogP contribution in [0.25, 0.3) is 11.4 Å². The Morgan fingerprint density at radius 1 is 1.18 bits per heavy atom. The number of benzene rings is 2. The van der Waals surface area contributed by atoms with Crippen LogP contribution in [0.15, 0.2) is 48.5 Å². The number of hydrogen-bond acceptors (Lipinski definition) is 6. The molecule has 1 aliphatic rings. The molecule has 1 aliphatic carbocycles. The number of nitrogens with zero attached hydrogens (tertiary/aromatic N) is 5. The average Bonchev–Trinajstić information content (AvgIpc) is 3.52. The van der Waals surface area contributed by atoms with Crippen LogP contribution in [0.4, 0.5) is 5.69 Å². The van der Waals surface area contributed by atoms with Crippen molar-refractivity contribution in [2.24, 2.45) is 0 Å². The third kappa shape index (κ3) is 5.41. The van der Waals surface area contributed by atoms with Gasteiger partial charge in [0.05, 0.1) is 7.11 Å². The number of hydrogen-bond donors (Lipinski definition) is 1. The highest BCUT2D eigenvalue weighted by Gasteiger charge is 2.30. The molecule has 1 heterocycles. The van der Waals surface area contributed by atoms with Crippen molar-refractivity contribution in [1.82, 2.24) is 25.5 Å². The third-order valence-electron chi connectivity index (χ3n) is 6.11. The molecule has 0 aliphatic heterocycles. The zero-order valence-corrected chi connectivity index (χ0v) is 19.8. The van der Waals surface area contributed by atoms with Gasteiger partial charge in [-0.1, -0.05) is 48.7 Å². The van der Waals surface area contributed by atoms with Gasteiger partial charge in [-0.3, -0.25) is 14.5 Å². The molecule has 9 nitrogen and oxygen atoms in total. The number of amides is 2. The molecular formula is C25H30N6O3. The molecule has 1 atom stereocenters. The topological polar surface area (TPSA) is 102 Å². The largest absolute Gasteiger partial charge is 0.497 e. The molecule has 3 aromatic rings. The van der Waals surface area contributed by atoms with Gasteiger partial charge in [0, 0.05) is 23.4 Å². The van der Waals surface area contributed by atoms with Crippen molar-refractivity contribution in [2.75, 3.05) is 12.0 Å². The Labute approximate surface area is 199 Å². The monoisotopic (exact) mass is 462 g/mol. The Bertz CT molecular complexity index is 1140. The van der Waals surface area contributed by atoms with E-state index in [1.807, 2.05) is 31.2 Å².